The van der Waals surface area contributed by atoms with Crippen molar-refractivity contribution in [3.8, 4) is 0 Å². The molecule has 0 unspecified atom stereocenters. The summed E-state index contributed by atoms with van der Waals surface area (Å²) in [6.45, 7) is 5.94. The Morgan fingerprint density at radius 3 is 3.00 bits per heavy atom. The minimum atomic E-state index is -0.577. The van der Waals surface area contributed by atoms with Gasteiger partial charge < -0.3 is 10.3 Å². The van der Waals surface area contributed by atoms with Crippen molar-refractivity contribution in [1.29, 1.82) is 0 Å². The van der Waals surface area contributed by atoms with Crippen molar-refractivity contribution < 1.29 is 9.18 Å². The lowest BCUT2D eigenvalue weighted by atomic mass is 10.1. The van der Waals surface area contributed by atoms with E-state index in [9.17, 15) is 9.18 Å². The molecule has 5 rings (SSSR count). The Hall–Kier alpha value is -3.26. The van der Waals surface area contributed by atoms with Gasteiger partial charge in [0.2, 0.25) is 0 Å². The lowest BCUT2D eigenvalue weighted by Gasteiger charge is -2.19. The summed E-state index contributed by atoms with van der Waals surface area (Å²) < 4.78 is 14.9. The van der Waals surface area contributed by atoms with Gasteiger partial charge in [0.1, 0.15) is 5.82 Å². The summed E-state index contributed by atoms with van der Waals surface area (Å²) in [5.41, 5.74) is 4.36. The molecule has 3 N–H and O–H groups in total. The average Bonchev–Trinajstić information content (AvgIpc) is 3.41. The van der Waals surface area contributed by atoms with E-state index in [4.69, 9.17) is 0 Å². The van der Waals surface area contributed by atoms with Gasteiger partial charge in [-0.15, -0.1) is 0 Å². The van der Waals surface area contributed by atoms with E-state index >= 15 is 0 Å². The van der Waals surface area contributed by atoms with Crippen LogP contribution < -0.4 is 5.32 Å². The van der Waals surface area contributed by atoms with Crippen LogP contribution in [0.15, 0.2) is 30.5 Å². The van der Waals surface area contributed by atoms with Crippen LogP contribution in [0, 0.1) is 12.7 Å². The molecule has 1 aromatic carbocycles. The lowest BCUT2D eigenvalue weighted by molar-refractivity contribution is 0.102. The number of hydrogen-bond donors (Lipinski definition) is 3. The van der Waals surface area contributed by atoms with Gasteiger partial charge in [0.15, 0.2) is 0 Å². The predicted octanol–water partition coefficient (Wildman–Crippen LogP) is 4.12. The molecule has 3 aromatic heterocycles. The first-order chi connectivity index (χ1) is 14.5. The van der Waals surface area contributed by atoms with Crippen LogP contribution >= 0.6 is 0 Å². The molecular formula is C22H23FN6O. The van der Waals surface area contributed by atoms with Gasteiger partial charge in [0.25, 0.3) is 5.91 Å². The maximum atomic E-state index is 14.9. The number of aromatic nitrogens is 4. The number of H-pyrrole nitrogens is 2. The molecule has 0 bridgehead atoms. The van der Waals surface area contributed by atoms with E-state index in [1.807, 2.05) is 12.1 Å². The van der Waals surface area contributed by atoms with Crippen LogP contribution in [0.2, 0.25) is 0 Å². The second kappa shape index (κ2) is 7.21. The minimum Gasteiger partial charge on any atom is -0.356 e. The number of carbonyl (C=O) groups is 1. The Morgan fingerprint density at radius 1 is 1.33 bits per heavy atom. The van der Waals surface area contributed by atoms with Crippen LogP contribution in [0.3, 0.4) is 0 Å². The predicted molar refractivity (Wildman–Crippen MR) is 114 cm³/mol. The molecule has 0 spiro atoms. The smallest absolute Gasteiger partial charge is 0.258 e. The molecule has 1 fully saturated rings. The van der Waals surface area contributed by atoms with Gasteiger partial charge in [-0.1, -0.05) is 0 Å². The largest absolute Gasteiger partial charge is 0.356 e. The number of anilines is 1. The first kappa shape index (κ1) is 18.7. The Bertz CT molecular complexity index is 1260. The average molecular weight is 406 g/mol. The third kappa shape index (κ3) is 3.23. The monoisotopic (exact) mass is 406 g/mol. The molecule has 30 heavy (non-hydrogen) atoms. The highest BCUT2D eigenvalue weighted by molar-refractivity contribution is 6.07. The topological polar surface area (TPSA) is 89.7 Å². The quantitative estimate of drug-likeness (QED) is 0.476. The summed E-state index contributed by atoms with van der Waals surface area (Å²) in [6, 6.07) is 7.54. The summed E-state index contributed by atoms with van der Waals surface area (Å²) >= 11 is 0. The Morgan fingerprint density at radius 2 is 2.20 bits per heavy atom. The lowest BCUT2D eigenvalue weighted by Crippen LogP contribution is -2.26. The maximum absolute atomic E-state index is 14.9. The second-order valence-electron chi connectivity index (χ2n) is 8.04. The highest BCUT2D eigenvalue weighted by Gasteiger charge is 2.21. The number of likely N-dealkylation sites (tertiary alicyclic amines) is 1. The number of benzene rings is 1. The number of nitrogens with zero attached hydrogens (tertiary/aromatic N) is 3. The number of pyridine rings is 1. The van der Waals surface area contributed by atoms with E-state index in [2.05, 4.69) is 37.3 Å². The Labute approximate surface area is 172 Å². The number of halogens is 1. The highest BCUT2D eigenvalue weighted by Crippen LogP contribution is 2.25. The van der Waals surface area contributed by atoms with Crippen LogP contribution in [0.1, 0.15) is 41.5 Å². The number of carbonyl (C=O) groups excluding carboxylic acids is 1. The van der Waals surface area contributed by atoms with Gasteiger partial charge in [0, 0.05) is 24.0 Å². The first-order valence-corrected chi connectivity index (χ1v) is 10.2. The van der Waals surface area contributed by atoms with E-state index < -0.39 is 11.7 Å². The number of amides is 1. The van der Waals surface area contributed by atoms with Gasteiger partial charge in [-0.3, -0.25) is 19.8 Å². The molecule has 1 saturated heterocycles. The maximum Gasteiger partial charge on any atom is 0.258 e. The molecule has 1 amide bonds. The molecule has 4 aromatic rings. The second-order valence-corrected chi connectivity index (χ2v) is 8.04. The molecule has 1 aliphatic rings. The molecule has 1 aliphatic heterocycles. The van der Waals surface area contributed by atoms with E-state index in [1.54, 1.807) is 19.2 Å². The molecule has 8 heteroatoms. The van der Waals surface area contributed by atoms with Crippen molar-refractivity contribution >= 4 is 33.5 Å². The zero-order chi connectivity index (χ0) is 20.8. The summed E-state index contributed by atoms with van der Waals surface area (Å²) in [4.78, 5) is 23.0. The molecule has 154 valence electrons. The van der Waals surface area contributed by atoms with Gasteiger partial charge in [-0.2, -0.15) is 5.10 Å². The van der Waals surface area contributed by atoms with E-state index in [1.165, 1.54) is 18.9 Å². The van der Waals surface area contributed by atoms with Crippen LogP contribution in [0.4, 0.5) is 10.1 Å². The summed E-state index contributed by atoms with van der Waals surface area (Å²) in [7, 11) is 0. The number of hydrogen-bond acceptors (Lipinski definition) is 4. The molecule has 4 heterocycles. The summed E-state index contributed by atoms with van der Waals surface area (Å²) in [5, 5.41) is 9.86. The summed E-state index contributed by atoms with van der Waals surface area (Å²) in [6.07, 6.45) is 4.06. The fraction of sp³-hybridized carbons (Fsp3) is 0.318. The first-order valence-electron chi connectivity index (χ1n) is 10.2. The van der Waals surface area contributed by atoms with Gasteiger partial charge in [-0.25, -0.2) is 4.39 Å². The van der Waals surface area contributed by atoms with Gasteiger partial charge >= 0.3 is 0 Å². The fourth-order valence-electron chi connectivity index (χ4n) is 4.25. The molecular weight excluding hydrogens is 383 g/mol. The fourth-order valence-corrected chi connectivity index (χ4v) is 4.25. The van der Waals surface area contributed by atoms with E-state index in [-0.39, 0.29) is 5.56 Å². The van der Waals surface area contributed by atoms with Crippen molar-refractivity contribution in [2.75, 3.05) is 11.9 Å². The third-order valence-corrected chi connectivity index (χ3v) is 5.93. The summed E-state index contributed by atoms with van der Waals surface area (Å²) in [5.74, 6) is -1.10. The molecule has 0 radical (unpaired) electrons. The van der Waals surface area contributed by atoms with Crippen molar-refractivity contribution in [2.24, 2.45) is 0 Å². The number of fused-ring (bicyclic) bond motifs is 2. The van der Waals surface area contributed by atoms with Gasteiger partial charge in [0.05, 0.1) is 39.4 Å². The van der Waals surface area contributed by atoms with Crippen molar-refractivity contribution in [1.82, 2.24) is 25.1 Å². The molecule has 0 saturated carbocycles. The Kier molecular flexibility index (Phi) is 4.51. The number of nitrogens with one attached hydrogen (secondary N) is 3. The van der Waals surface area contributed by atoms with Crippen LogP contribution in [0.5, 0.6) is 0 Å². The van der Waals surface area contributed by atoms with Crippen molar-refractivity contribution in [3.63, 3.8) is 0 Å². The normalized spacial score (nSPS) is 17.2. The number of rotatable bonds is 4. The van der Waals surface area contributed by atoms with Crippen LogP contribution in [-0.4, -0.2) is 43.6 Å². The zero-order valence-electron chi connectivity index (χ0n) is 16.9. The third-order valence-electron chi connectivity index (χ3n) is 5.93. The number of aromatic amines is 2. The molecule has 1 atom stereocenters. The highest BCUT2D eigenvalue weighted by atomic mass is 19.1. The molecule has 0 aliphatic carbocycles. The number of aryl methyl sites for hydroxylation is 1. The van der Waals surface area contributed by atoms with Gasteiger partial charge in [-0.05, 0) is 57.5 Å². The van der Waals surface area contributed by atoms with Crippen molar-refractivity contribution in [2.45, 2.75) is 39.3 Å². The van der Waals surface area contributed by atoms with Crippen LogP contribution in [0.25, 0.3) is 21.9 Å². The van der Waals surface area contributed by atoms with E-state index in [0.29, 0.717) is 28.3 Å². The van der Waals surface area contributed by atoms with Crippen molar-refractivity contribution in [3.05, 3.63) is 53.2 Å². The Balaban J connectivity index is 1.38. The van der Waals surface area contributed by atoms with E-state index in [0.717, 1.165) is 29.8 Å². The zero-order valence-corrected chi connectivity index (χ0v) is 16.9. The van der Waals surface area contributed by atoms with Crippen LogP contribution in [-0.2, 0) is 6.54 Å². The standard InChI is InChI=1S/C22H23FN6O/c1-12-4-3-7-29(12)11-15-9-18-19(25-15)8-14(10-24-18)26-22(30)16-5-6-17-20(21(16)23)13(2)27-28-17/h5-6,8-10,12,25H,3-4,7,11H2,1-2H3,(H,26,30)(H,27,28)/t12-/m0/s1. The minimum absolute atomic E-state index is 0.0257. The molecule has 7 nitrogen and oxygen atoms in total. The SMILES string of the molecule is Cc1[nH]nc2ccc(C(=O)Nc3cnc4cc(CN5CCC[C@@H]5C)[nH]c4c3)c(F)c12.